The molecule has 0 aliphatic carbocycles. The number of thiocarbonyl (C=S) groups is 1. The number of carbonyl (C=O) groups is 1. The van der Waals surface area contributed by atoms with Gasteiger partial charge in [-0.15, -0.1) is 0 Å². The third-order valence-electron chi connectivity index (χ3n) is 3.26. The summed E-state index contributed by atoms with van der Waals surface area (Å²) >= 11 is 17.7. The quantitative estimate of drug-likeness (QED) is 0.771. The molecule has 0 bridgehead atoms. The van der Waals surface area contributed by atoms with Crippen molar-refractivity contribution in [3.63, 3.8) is 0 Å². The molecular formula is C15H9Cl2NOS. The number of ketones is 1. The maximum atomic E-state index is 12.7. The van der Waals surface area contributed by atoms with Gasteiger partial charge in [0.25, 0.3) is 0 Å². The molecule has 1 N–H and O–H groups in total. The van der Waals surface area contributed by atoms with E-state index < -0.39 is 5.92 Å². The Hall–Kier alpha value is -1.42. The van der Waals surface area contributed by atoms with Gasteiger partial charge in [0.2, 0.25) is 0 Å². The summed E-state index contributed by atoms with van der Waals surface area (Å²) in [6.45, 7) is 0. The molecule has 0 amide bonds. The van der Waals surface area contributed by atoms with E-state index >= 15 is 0 Å². The standard InChI is InChI=1S/C15H9Cl2NOS/c16-9-5-3-6-10(17)12(9)13-14(19)8-4-1-2-7-11(8)18-15(13)20/h1-7,13H,(H,18,20). The molecule has 1 aliphatic heterocycles. The number of fused-ring (bicyclic) bond motifs is 1. The van der Waals surface area contributed by atoms with Gasteiger partial charge in [0.1, 0.15) is 5.92 Å². The van der Waals surface area contributed by atoms with Crippen molar-refractivity contribution in [2.45, 2.75) is 5.92 Å². The lowest BCUT2D eigenvalue weighted by atomic mass is 9.86. The Morgan fingerprint density at radius 1 is 1.00 bits per heavy atom. The van der Waals surface area contributed by atoms with Crippen LogP contribution in [0, 0.1) is 0 Å². The van der Waals surface area contributed by atoms with Crippen molar-refractivity contribution in [1.29, 1.82) is 0 Å². The summed E-state index contributed by atoms with van der Waals surface area (Å²) in [6, 6.07) is 12.4. The zero-order valence-electron chi connectivity index (χ0n) is 10.2. The van der Waals surface area contributed by atoms with Crippen LogP contribution in [0.2, 0.25) is 10.0 Å². The molecule has 1 atom stereocenters. The molecule has 100 valence electrons. The van der Waals surface area contributed by atoms with Gasteiger partial charge in [-0.3, -0.25) is 4.79 Å². The van der Waals surface area contributed by atoms with E-state index in [2.05, 4.69) is 5.32 Å². The molecule has 0 saturated heterocycles. The largest absolute Gasteiger partial charge is 0.349 e. The van der Waals surface area contributed by atoms with Gasteiger partial charge in [-0.1, -0.05) is 53.6 Å². The first kappa shape index (κ1) is 13.6. The minimum atomic E-state index is -0.638. The molecule has 2 aromatic rings. The van der Waals surface area contributed by atoms with E-state index in [0.717, 1.165) is 5.69 Å². The maximum Gasteiger partial charge on any atom is 0.179 e. The van der Waals surface area contributed by atoms with Gasteiger partial charge < -0.3 is 5.32 Å². The minimum Gasteiger partial charge on any atom is -0.349 e. The van der Waals surface area contributed by atoms with Crippen molar-refractivity contribution >= 4 is 51.9 Å². The van der Waals surface area contributed by atoms with Crippen LogP contribution in [-0.4, -0.2) is 10.8 Å². The van der Waals surface area contributed by atoms with Crippen LogP contribution in [0.5, 0.6) is 0 Å². The van der Waals surface area contributed by atoms with E-state index in [1.165, 1.54) is 0 Å². The van der Waals surface area contributed by atoms with Crippen molar-refractivity contribution in [2.75, 3.05) is 5.32 Å². The predicted octanol–water partition coefficient (Wildman–Crippen LogP) is 4.71. The van der Waals surface area contributed by atoms with Gasteiger partial charge in [0.05, 0.1) is 4.99 Å². The van der Waals surface area contributed by atoms with Gasteiger partial charge >= 0.3 is 0 Å². The lowest BCUT2D eigenvalue weighted by Gasteiger charge is -2.27. The molecular weight excluding hydrogens is 313 g/mol. The Kier molecular flexibility index (Phi) is 3.50. The molecule has 0 spiro atoms. The average molecular weight is 322 g/mol. The predicted molar refractivity (Wildman–Crippen MR) is 86.2 cm³/mol. The molecule has 20 heavy (non-hydrogen) atoms. The molecule has 0 aromatic heterocycles. The fourth-order valence-corrected chi connectivity index (χ4v) is 3.29. The number of carbonyl (C=O) groups excluding carboxylic acids is 1. The summed E-state index contributed by atoms with van der Waals surface area (Å²) in [7, 11) is 0. The van der Waals surface area contributed by atoms with Crippen molar-refractivity contribution in [3.8, 4) is 0 Å². The van der Waals surface area contributed by atoms with Crippen LogP contribution >= 0.6 is 35.4 Å². The number of hydrogen-bond donors (Lipinski definition) is 1. The highest BCUT2D eigenvalue weighted by Crippen LogP contribution is 2.38. The minimum absolute atomic E-state index is 0.0839. The van der Waals surface area contributed by atoms with Crippen molar-refractivity contribution in [2.24, 2.45) is 0 Å². The monoisotopic (exact) mass is 321 g/mol. The second kappa shape index (κ2) is 5.17. The highest BCUT2D eigenvalue weighted by atomic mass is 35.5. The first-order chi connectivity index (χ1) is 9.59. The lowest BCUT2D eigenvalue weighted by Crippen LogP contribution is -2.32. The van der Waals surface area contributed by atoms with Crippen LogP contribution in [0.1, 0.15) is 21.8 Å². The number of rotatable bonds is 1. The normalized spacial score (nSPS) is 17.6. The smallest absolute Gasteiger partial charge is 0.179 e. The Labute approximate surface area is 131 Å². The molecule has 1 unspecified atom stereocenters. The van der Waals surface area contributed by atoms with Gasteiger partial charge in [0.15, 0.2) is 5.78 Å². The van der Waals surface area contributed by atoms with Crippen molar-refractivity contribution in [3.05, 3.63) is 63.6 Å². The van der Waals surface area contributed by atoms with E-state index in [1.54, 1.807) is 24.3 Å². The SMILES string of the molecule is O=C1c2ccccc2NC(=S)C1c1c(Cl)cccc1Cl. The fraction of sp³-hybridized carbons (Fsp3) is 0.0667. The van der Waals surface area contributed by atoms with Gasteiger partial charge in [-0.25, -0.2) is 0 Å². The Balaban J connectivity index is 2.17. The van der Waals surface area contributed by atoms with Crippen molar-refractivity contribution in [1.82, 2.24) is 0 Å². The van der Waals surface area contributed by atoms with Gasteiger partial charge in [-0.05, 0) is 24.3 Å². The Bertz CT molecular complexity index is 709. The Morgan fingerprint density at radius 2 is 1.65 bits per heavy atom. The van der Waals surface area contributed by atoms with Gasteiger partial charge in [0, 0.05) is 26.9 Å². The topological polar surface area (TPSA) is 29.1 Å². The molecule has 2 nitrogen and oxygen atoms in total. The molecule has 5 heteroatoms. The van der Waals surface area contributed by atoms with Crippen LogP contribution in [0.4, 0.5) is 5.69 Å². The molecule has 2 aromatic carbocycles. The number of Topliss-reactive ketones (excluding diaryl/α,β-unsaturated/α-hetero) is 1. The number of para-hydroxylation sites is 1. The van der Waals surface area contributed by atoms with E-state index in [9.17, 15) is 4.79 Å². The van der Waals surface area contributed by atoms with Crippen LogP contribution in [-0.2, 0) is 0 Å². The highest BCUT2D eigenvalue weighted by Gasteiger charge is 2.35. The maximum absolute atomic E-state index is 12.7. The van der Waals surface area contributed by atoms with Crippen LogP contribution in [0.3, 0.4) is 0 Å². The number of benzene rings is 2. The van der Waals surface area contributed by atoms with Crippen molar-refractivity contribution < 1.29 is 4.79 Å². The number of hydrogen-bond acceptors (Lipinski definition) is 2. The molecule has 0 saturated carbocycles. The highest BCUT2D eigenvalue weighted by molar-refractivity contribution is 7.80. The summed E-state index contributed by atoms with van der Waals surface area (Å²) in [5, 5.41) is 3.97. The summed E-state index contributed by atoms with van der Waals surface area (Å²) in [5.74, 6) is -0.722. The summed E-state index contributed by atoms with van der Waals surface area (Å²) < 4.78 is 0. The second-order valence-corrected chi connectivity index (χ2v) is 5.72. The average Bonchev–Trinajstić information content (AvgIpc) is 2.42. The first-order valence-electron chi connectivity index (χ1n) is 5.97. The third-order valence-corrected chi connectivity index (χ3v) is 4.26. The number of nitrogens with one attached hydrogen (secondary N) is 1. The van der Waals surface area contributed by atoms with Gasteiger partial charge in [-0.2, -0.15) is 0 Å². The number of anilines is 1. The second-order valence-electron chi connectivity index (χ2n) is 4.47. The van der Waals surface area contributed by atoms with Crippen LogP contribution in [0.25, 0.3) is 0 Å². The van der Waals surface area contributed by atoms with E-state index in [4.69, 9.17) is 35.4 Å². The van der Waals surface area contributed by atoms with E-state index in [-0.39, 0.29) is 5.78 Å². The first-order valence-corrected chi connectivity index (χ1v) is 7.14. The Morgan fingerprint density at radius 3 is 2.35 bits per heavy atom. The molecule has 0 radical (unpaired) electrons. The van der Waals surface area contributed by atoms with Crippen LogP contribution in [0.15, 0.2) is 42.5 Å². The summed E-state index contributed by atoms with van der Waals surface area (Å²) in [4.78, 5) is 13.1. The lowest BCUT2D eigenvalue weighted by molar-refractivity contribution is 0.0982. The molecule has 0 fully saturated rings. The molecule has 1 heterocycles. The summed E-state index contributed by atoms with van der Waals surface area (Å²) in [5.41, 5.74) is 1.89. The zero-order valence-corrected chi connectivity index (χ0v) is 12.5. The van der Waals surface area contributed by atoms with E-state index in [1.807, 2.05) is 18.2 Å². The molecule has 3 rings (SSSR count). The van der Waals surface area contributed by atoms with E-state index in [0.29, 0.717) is 26.2 Å². The number of halogens is 2. The molecule has 1 aliphatic rings. The third kappa shape index (κ3) is 2.12. The zero-order chi connectivity index (χ0) is 14.3. The fourth-order valence-electron chi connectivity index (χ4n) is 2.34. The van der Waals surface area contributed by atoms with Crippen LogP contribution < -0.4 is 5.32 Å². The summed E-state index contributed by atoms with van der Waals surface area (Å²) in [6.07, 6.45) is 0.